The molecule has 0 amide bonds. The molecule has 0 aliphatic carbocycles. The predicted octanol–water partition coefficient (Wildman–Crippen LogP) is 5.71. The van der Waals surface area contributed by atoms with Crippen LogP contribution in [-0.4, -0.2) is 25.1 Å². The first kappa shape index (κ1) is 21.6. The first-order valence-corrected chi connectivity index (χ1v) is 10.7. The molecule has 1 atom stereocenters. The lowest BCUT2D eigenvalue weighted by molar-refractivity contribution is 0.359. The van der Waals surface area contributed by atoms with Crippen molar-refractivity contribution in [3.05, 3.63) is 100 Å². The number of hydrogen-bond donors (Lipinski definition) is 1. The molecule has 0 fully saturated rings. The van der Waals surface area contributed by atoms with Crippen LogP contribution in [-0.2, 0) is 5.54 Å². The van der Waals surface area contributed by atoms with Gasteiger partial charge in [-0.05, 0) is 67.9 Å². The van der Waals surface area contributed by atoms with E-state index < -0.39 is 11.7 Å². The molecule has 1 N–H and O–H groups in total. The number of pyridine rings is 2. The van der Waals surface area contributed by atoms with Crippen LogP contribution in [0.1, 0.15) is 47.3 Å². The Bertz CT molecular complexity index is 1420. The Kier molecular flexibility index (Phi) is 5.24. The van der Waals surface area contributed by atoms with E-state index in [-0.39, 0.29) is 5.82 Å². The zero-order valence-corrected chi connectivity index (χ0v) is 18.8. The zero-order valence-electron chi connectivity index (χ0n) is 18.8. The van der Waals surface area contributed by atoms with Gasteiger partial charge in [0.05, 0.1) is 28.1 Å². The standard InChI is InChI=1S/C25H21FN6O2/c1-14(26)24-29-19-13-17(22-15(2)31-34-16(22)3)12-18(23(19)30-24)25(32-33,20-8-4-6-10-27-20)21-9-5-7-11-28-21/h4-14H,1-3H3,(H,29,30). The van der Waals surface area contributed by atoms with E-state index in [4.69, 9.17) is 4.52 Å². The summed E-state index contributed by atoms with van der Waals surface area (Å²) in [6, 6.07) is 14.2. The van der Waals surface area contributed by atoms with Gasteiger partial charge in [-0.3, -0.25) is 9.97 Å². The first-order chi connectivity index (χ1) is 16.5. The molecule has 0 aliphatic rings. The maximum Gasteiger partial charge on any atom is 0.213 e. The van der Waals surface area contributed by atoms with E-state index >= 15 is 0 Å². The van der Waals surface area contributed by atoms with Gasteiger partial charge in [0.2, 0.25) is 5.54 Å². The van der Waals surface area contributed by atoms with Gasteiger partial charge < -0.3 is 9.51 Å². The van der Waals surface area contributed by atoms with Crippen LogP contribution in [0.2, 0.25) is 0 Å². The van der Waals surface area contributed by atoms with E-state index in [9.17, 15) is 9.30 Å². The molecule has 5 aromatic rings. The molecule has 9 heteroatoms. The molecule has 1 aromatic carbocycles. The van der Waals surface area contributed by atoms with Gasteiger partial charge >= 0.3 is 0 Å². The summed E-state index contributed by atoms with van der Waals surface area (Å²) in [7, 11) is 0. The molecule has 0 spiro atoms. The van der Waals surface area contributed by atoms with Gasteiger partial charge in [0, 0.05) is 23.5 Å². The van der Waals surface area contributed by atoms with Gasteiger partial charge in [-0.15, -0.1) is 4.91 Å². The molecule has 4 aromatic heterocycles. The highest BCUT2D eigenvalue weighted by Crippen LogP contribution is 2.44. The highest BCUT2D eigenvalue weighted by molar-refractivity contribution is 5.88. The van der Waals surface area contributed by atoms with Gasteiger partial charge in [0.25, 0.3) is 0 Å². The third-order valence-electron chi connectivity index (χ3n) is 5.90. The van der Waals surface area contributed by atoms with Crippen molar-refractivity contribution in [1.82, 2.24) is 25.1 Å². The predicted molar refractivity (Wildman–Crippen MR) is 125 cm³/mol. The van der Waals surface area contributed by atoms with E-state index in [0.717, 1.165) is 11.1 Å². The topological polar surface area (TPSA) is 110 Å². The molecular weight excluding hydrogens is 435 g/mol. The minimum atomic E-state index is -1.64. The number of benzene rings is 1. The molecular formula is C25H21FN6O2. The van der Waals surface area contributed by atoms with Crippen LogP contribution in [0.5, 0.6) is 0 Å². The Morgan fingerprint density at radius 3 is 2.24 bits per heavy atom. The zero-order chi connectivity index (χ0) is 23.9. The second-order valence-electron chi connectivity index (χ2n) is 8.09. The van der Waals surface area contributed by atoms with Crippen LogP contribution in [0, 0.1) is 18.8 Å². The van der Waals surface area contributed by atoms with Gasteiger partial charge in [-0.2, -0.15) is 0 Å². The molecule has 0 saturated heterocycles. The summed E-state index contributed by atoms with van der Waals surface area (Å²) in [6.45, 7) is 5.04. The lowest BCUT2D eigenvalue weighted by Crippen LogP contribution is -2.29. The number of imidazole rings is 1. The molecule has 0 aliphatic heterocycles. The maximum absolute atomic E-state index is 14.3. The molecule has 5 rings (SSSR count). The van der Waals surface area contributed by atoms with Crippen molar-refractivity contribution in [3.8, 4) is 11.1 Å². The van der Waals surface area contributed by atoms with Crippen LogP contribution >= 0.6 is 0 Å². The number of aromatic nitrogens is 5. The SMILES string of the molecule is Cc1noc(C)c1-c1cc(C(N=O)(c2ccccn2)c2ccccn2)c2nc(C(C)F)[nH]c2c1. The summed E-state index contributed by atoms with van der Waals surface area (Å²) >= 11 is 0. The number of H-pyrrole nitrogens is 1. The van der Waals surface area contributed by atoms with Gasteiger partial charge in [0.15, 0.2) is 6.17 Å². The Labute approximate surface area is 194 Å². The average molecular weight is 456 g/mol. The molecule has 170 valence electrons. The van der Waals surface area contributed by atoms with Crippen LogP contribution < -0.4 is 0 Å². The molecule has 1 unspecified atom stereocenters. The van der Waals surface area contributed by atoms with Gasteiger partial charge in [-0.25, -0.2) is 9.37 Å². The normalized spacial score (nSPS) is 12.7. The number of aryl methyl sites for hydroxylation is 2. The van der Waals surface area contributed by atoms with E-state index in [1.54, 1.807) is 48.8 Å². The number of alkyl halides is 1. The largest absolute Gasteiger partial charge is 0.361 e. The number of halogens is 1. The molecule has 0 bridgehead atoms. The Balaban J connectivity index is 1.94. The third kappa shape index (κ3) is 3.28. The highest BCUT2D eigenvalue weighted by Gasteiger charge is 2.44. The fourth-order valence-electron chi connectivity index (χ4n) is 4.34. The van der Waals surface area contributed by atoms with E-state index in [2.05, 4.69) is 30.3 Å². The lowest BCUT2D eigenvalue weighted by Gasteiger charge is -2.26. The summed E-state index contributed by atoms with van der Waals surface area (Å²) in [5, 5.41) is 7.70. The third-order valence-corrected chi connectivity index (χ3v) is 5.90. The Hall–Kier alpha value is -4.27. The molecule has 0 radical (unpaired) electrons. The number of aromatic amines is 1. The Morgan fingerprint density at radius 1 is 1.06 bits per heavy atom. The molecule has 4 heterocycles. The van der Waals surface area contributed by atoms with Crippen molar-refractivity contribution in [2.45, 2.75) is 32.5 Å². The number of rotatable bonds is 6. The lowest BCUT2D eigenvalue weighted by atomic mass is 9.81. The molecule has 34 heavy (non-hydrogen) atoms. The first-order valence-electron chi connectivity index (χ1n) is 10.7. The van der Waals surface area contributed by atoms with E-state index in [0.29, 0.717) is 39.4 Å². The van der Waals surface area contributed by atoms with Crippen LogP contribution in [0.15, 0.2) is 70.6 Å². The summed E-state index contributed by atoms with van der Waals surface area (Å²) < 4.78 is 19.7. The second-order valence-corrected chi connectivity index (χ2v) is 8.09. The summed E-state index contributed by atoms with van der Waals surface area (Å²) in [4.78, 5) is 29.4. The molecule has 0 saturated carbocycles. The van der Waals surface area contributed by atoms with Crippen molar-refractivity contribution in [2.24, 2.45) is 5.18 Å². The van der Waals surface area contributed by atoms with E-state index in [1.165, 1.54) is 6.92 Å². The molecule has 8 nitrogen and oxygen atoms in total. The van der Waals surface area contributed by atoms with Crippen LogP contribution in [0.3, 0.4) is 0 Å². The van der Waals surface area contributed by atoms with Crippen molar-refractivity contribution < 1.29 is 8.91 Å². The smallest absolute Gasteiger partial charge is 0.213 e. The maximum atomic E-state index is 14.3. The minimum absolute atomic E-state index is 0.147. The Morgan fingerprint density at radius 2 is 1.74 bits per heavy atom. The fraction of sp³-hybridized carbons (Fsp3) is 0.200. The van der Waals surface area contributed by atoms with Crippen molar-refractivity contribution in [3.63, 3.8) is 0 Å². The van der Waals surface area contributed by atoms with Crippen molar-refractivity contribution in [2.75, 3.05) is 0 Å². The quantitative estimate of drug-likeness (QED) is 0.328. The van der Waals surface area contributed by atoms with Crippen molar-refractivity contribution in [1.29, 1.82) is 0 Å². The van der Waals surface area contributed by atoms with E-state index in [1.807, 2.05) is 26.0 Å². The monoisotopic (exact) mass is 456 g/mol. The van der Waals surface area contributed by atoms with Crippen molar-refractivity contribution >= 4 is 11.0 Å². The number of hydrogen-bond acceptors (Lipinski definition) is 7. The second kappa shape index (κ2) is 8.26. The highest BCUT2D eigenvalue weighted by atomic mass is 19.1. The van der Waals surface area contributed by atoms with Crippen LogP contribution in [0.25, 0.3) is 22.2 Å². The number of fused-ring (bicyclic) bond motifs is 1. The number of nitrogens with zero attached hydrogens (tertiary/aromatic N) is 5. The summed E-state index contributed by atoms with van der Waals surface area (Å²) in [5.74, 6) is 0.760. The fourth-order valence-corrected chi connectivity index (χ4v) is 4.34. The summed E-state index contributed by atoms with van der Waals surface area (Å²) in [5.41, 5.74) is 2.67. The number of nitroso groups, excluding NO2 is 1. The average Bonchev–Trinajstić information content (AvgIpc) is 3.44. The van der Waals surface area contributed by atoms with Crippen LogP contribution in [0.4, 0.5) is 4.39 Å². The minimum Gasteiger partial charge on any atom is -0.361 e. The number of nitrogens with one attached hydrogen (secondary N) is 1. The summed E-state index contributed by atoms with van der Waals surface area (Å²) in [6.07, 6.45) is 1.84. The van der Waals surface area contributed by atoms with Gasteiger partial charge in [0.1, 0.15) is 11.6 Å². The van der Waals surface area contributed by atoms with Gasteiger partial charge in [-0.1, -0.05) is 17.3 Å².